The highest BCUT2D eigenvalue weighted by Crippen LogP contribution is 2.34. The van der Waals surface area contributed by atoms with E-state index < -0.39 is 0 Å². The van der Waals surface area contributed by atoms with Crippen LogP contribution in [0.15, 0.2) is 60.0 Å². The van der Waals surface area contributed by atoms with Gasteiger partial charge in [-0.15, -0.1) is 0 Å². The van der Waals surface area contributed by atoms with Crippen LogP contribution in [0.1, 0.15) is 48.9 Å². The number of nitrogens with one attached hydrogen (secondary N) is 1. The molecule has 23 heavy (non-hydrogen) atoms. The average molecular weight is 306 g/mol. The lowest BCUT2D eigenvalue weighted by Crippen LogP contribution is -2.38. The molecule has 4 rings (SSSR count). The molecule has 2 atom stereocenters. The first-order valence-corrected chi connectivity index (χ1v) is 8.45. The molecule has 3 heterocycles. The van der Waals surface area contributed by atoms with Crippen LogP contribution in [0, 0.1) is 0 Å². The third-order valence-electron chi connectivity index (χ3n) is 4.84. The van der Waals surface area contributed by atoms with Crippen molar-refractivity contribution >= 4 is 5.84 Å². The van der Waals surface area contributed by atoms with Gasteiger partial charge in [0.05, 0.1) is 12.1 Å². The minimum atomic E-state index is 0.294. The van der Waals surface area contributed by atoms with Crippen molar-refractivity contribution in [2.24, 2.45) is 5.10 Å². The largest absolute Gasteiger partial charge is 0.351 e. The first-order chi connectivity index (χ1) is 11.4. The Kier molecular flexibility index (Phi) is 3.97. The highest BCUT2D eigenvalue weighted by molar-refractivity contribution is 5.84. The van der Waals surface area contributed by atoms with E-state index in [1.54, 1.807) is 0 Å². The number of hydrogen-bond donors (Lipinski definition) is 1. The van der Waals surface area contributed by atoms with Crippen molar-refractivity contribution in [2.75, 3.05) is 6.54 Å². The van der Waals surface area contributed by atoms with Gasteiger partial charge >= 0.3 is 0 Å². The maximum Gasteiger partial charge on any atom is 0.127 e. The highest BCUT2D eigenvalue weighted by atomic mass is 15.4. The summed E-state index contributed by atoms with van der Waals surface area (Å²) in [5, 5.41) is 4.67. The molecule has 4 heteroatoms. The number of likely N-dealkylation sites (tertiary alicyclic amines) is 1. The lowest BCUT2D eigenvalue weighted by Gasteiger charge is -2.37. The Morgan fingerprint density at radius 1 is 1.00 bits per heavy atom. The number of hydrogen-bond acceptors (Lipinski definition) is 4. The van der Waals surface area contributed by atoms with Crippen LogP contribution in [0.2, 0.25) is 0 Å². The first-order valence-electron chi connectivity index (χ1n) is 8.45. The zero-order valence-electron chi connectivity index (χ0n) is 13.2. The zero-order chi connectivity index (χ0) is 15.5. The Bertz CT molecular complexity index is 668. The summed E-state index contributed by atoms with van der Waals surface area (Å²) in [5.74, 6) is 1.19. The molecule has 0 saturated carbocycles. The van der Waals surface area contributed by atoms with E-state index in [1.807, 2.05) is 18.5 Å². The number of pyridine rings is 1. The zero-order valence-corrected chi connectivity index (χ0v) is 13.2. The SMILES string of the molecule is c1ccc(C2CC(N3CCCCC3c3cccnc3)=NN2)cc1. The molecular formula is C19H22N4. The predicted molar refractivity (Wildman–Crippen MR) is 91.9 cm³/mol. The van der Waals surface area contributed by atoms with E-state index in [0.29, 0.717) is 12.1 Å². The van der Waals surface area contributed by atoms with Gasteiger partial charge < -0.3 is 10.3 Å². The molecule has 2 unspecified atom stereocenters. The number of hydrazone groups is 1. The van der Waals surface area contributed by atoms with Gasteiger partial charge in [-0.25, -0.2) is 0 Å². The molecule has 4 nitrogen and oxygen atoms in total. The molecule has 1 saturated heterocycles. The van der Waals surface area contributed by atoms with E-state index in [-0.39, 0.29) is 0 Å². The van der Waals surface area contributed by atoms with Gasteiger partial charge in [-0.3, -0.25) is 4.98 Å². The Balaban J connectivity index is 1.52. The van der Waals surface area contributed by atoms with Crippen molar-refractivity contribution in [2.45, 2.75) is 37.8 Å². The van der Waals surface area contributed by atoms with Crippen LogP contribution in [0.4, 0.5) is 0 Å². The summed E-state index contributed by atoms with van der Waals surface area (Å²) in [7, 11) is 0. The second-order valence-electron chi connectivity index (χ2n) is 6.32. The van der Waals surface area contributed by atoms with Crippen LogP contribution in [0.3, 0.4) is 0 Å². The summed E-state index contributed by atoms with van der Waals surface area (Å²) in [6.07, 6.45) is 8.50. The molecule has 0 bridgehead atoms. The fraction of sp³-hybridized carbons (Fsp3) is 0.368. The van der Waals surface area contributed by atoms with Crippen LogP contribution >= 0.6 is 0 Å². The molecule has 2 aromatic rings. The molecule has 1 fully saturated rings. The van der Waals surface area contributed by atoms with Gasteiger partial charge in [0.15, 0.2) is 0 Å². The first kappa shape index (κ1) is 14.2. The van der Waals surface area contributed by atoms with Gasteiger partial charge in [0.25, 0.3) is 0 Å². The maximum absolute atomic E-state index is 4.67. The van der Waals surface area contributed by atoms with Crippen molar-refractivity contribution in [1.82, 2.24) is 15.3 Å². The summed E-state index contributed by atoms with van der Waals surface area (Å²) in [6, 6.07) is 15.5. The normalized spacial score (nSPS) is 24.2. The second-order valence-corrected chi connectivity index (χ2v) is 6.32. The minimum absolute atomic E-state index is 0.294. The molecule has 0 aliphatic carbocycles. The third kappa shape index (κ3) is 2.93. The van der Waals surface area contributed by atoms with Crippen LogP contribution in [0.25, 0.3) is 0 Å². The van der Waals surface area contributed by atoms with Crippen molar-refractivity contribution < 1.29 is 0 Å². The van der Waals surface area contributed by atoms with E-state index in [0.717, 1.165) is 13.0 Å². The van der Waals surface area contributed by atoms with E-state index in [4.69, 9.17) is 0 Å². The van der Waals surface area contributed by atoms with Crippen LogP contribution in [-0.2, 0) is 0 Å². The second kappa shape index (κ2) is 6.41. The number of aromatic nitrogens is 1. The average Bonchev–Trinajstić information content (AvgIpc) is 3.13. The number of rotatable bonds is 2. The van der Waals surface area contributed by atoms with E-state index in [2.05, 4.69) is 56.8 Å². The Labute approximate surface area is 137 Å². The highest BCUT2D eigenvalue weighted by Gasteiger charge is 2.31. The summed E-state index contributed by atoms with van der Waals surface area (Å²) in [5.41, 5.74) is 5.93. The molecule has 118 valence electrons. The van der Waals surface area contributed by atoms with Gasteiger partial charge in [0, 0.05) is 25.4 Å². The quantitative estimate of drug-likeness (QED) is 0.920. The van der Waals surface area contributed by atoms with Gasteiger partial charge in [0.2, 0.25) is 0 Å². The molecule has 0 amide bonds. The minimum Gasteiger partial charge on any atom is -0.351 e. The fourth-order valence-corrected chi connectivity index (χ4v) is 3.65. The van der Waals surface area contributed by atoms with Crippen LogP contribution in [0.5, 0.6) is 0 Å². The van der Waals surface area contributed by atoms with Crippen molar-refractivity contribution in [1.29, 1.82) is 0 Å². The molecule has 1 N–H and O–H groups in total. The Morgan fingerprint density at radius 2 is 1.87 bits per heavy atom. The van der Waals surface area contributed by atoms with E-state index in [1.165, 1.54) is 36.2 Å². The van der Waals surface area contributed by atoms with E-state index >= 15 is 0 Å². The lowest BCUT2D eigenvalue weighted by molar-refractivity contribution is 0.241. The van der Waals surface area contributed by atoms with Crippen molar-refractivity contribution in [3.63, 3.8) is 0 Å². The number of nitrogens with zero attached hydrogens (tertiary/aromatic N) is 3. The monoisotopic (exact) mass is 306 g/mol. The lowest BCUT2D eigenvalue weighted by atomic mass is 9.95. The predicted octanol–water partition coefficient (Wildman–Crippen LogP) is 3.66. The van der Waals surface area contributed by atoms with Crippen molar-refractivity contribution in [3.8, 4) is 0 Å². The fourth-order valence-electron chi connectivity index (χ4n) is 3.65. The summed E-state index contributed by atoms with van der Waals surface area (Å²) < 4.78 is 0. The third-order valence-corrected chi connectivity index (χ3v) is 4.84. The molecule has 0 spiro atoms. The van der Waals surface area contributed by atoms with E-state index in [9.17, 15) is 0 Å². The standard InChI is InChI=1S/C19H22N4/c1-2-7-15(8-3-1)17-13-19(22-21-17)23-12-5-4-10-18(23)16-9-6-11-20-14-16/h1-3,6-9,11,14,17-18,21H,4-5,10,12-13H2. The molecule has 1 aromatic heterocycles. The molecule has 1 aromatic carbocycles. The van der Waals surface area contributed by atoms with Gasteiger partial charge in [0.1, 0.15) is 5.84 Å². The molecule has 0 radical (unpaired) electrons. The molecular weight excluding hydrogens is 284 g/mol. The topological polar surface area (TPSA) is 40.5 Å². The van der Waals surface area contributed by atoms with Gasteiger partial charge in [-0.1, -0.05) is 36.4 Å². The Morgan fingerprint density at radius 3 is 2.70 bits per heavy atom. The van der Waals surface area contributed by atoms with Gasteiger partial charge in [-0.2, -0.15) is 5.10 Å². The summed E-state index contributed by atoms with van der Waals surface area (Å²) in [6.45, 7) is 1.08. The van der Waals surface area contributed by atoms with Crippen LogP contribution < -0.4 is 5.43 Å². The van der Waals surface area contributed by atoms with Crippen LogP contribution in [-0.4, -0.2) is 22.3 Å². The number of amidine groups is 1. The van der Waals surface area contributed by atoms with Crippen molar-refractivity contribution in [3.05, 3.63) is 66.0 Å². The molecule has 2 aliphatic heterocycles. The number of piperidine rings is 1. The molecule has 2 aliphatic rings. The van der Waals surface area contributed by atoms with Gasteiger partial charge in [-0.05, 0) is 36.5 Å². The maximum atomic E-state index is 4.67. The summed E-state index contributed by atoms with van der Waals surface area (Å²) in [4.78, 5) is 6.78. The smallest absolute Gasteiger partial charge is 0.127 e. The number of benzene rings is 1. The summed E-state index contributed by atoms with van der Waals surface area (Å²) >= 11 is 0. The Hall–Kier alpha value is -2.36.